The highest BCUT2D eigenvalue weighted by atomic mass is 32.2. The van der Waals surface area contributed by atoms with Gasteiger partial charge in [0, 0.05) is 11.5 Å². The Balaban J connectivity index is 1.74. The Bertz CT molecular complexity index is 857. The van der Waals surface area contributed by atoms with E-state index >= 15 is 0 Å². The molecule has 0 radical (unpaired) electrons. The molecule has 4 aliphatic heterocycles. The zero-order valence-corrected chi connectivity index (χ0v) is 19.7. The first-order valence-corrected chi connectivity index (χ1v) is 13.3. The van der Waals surface area contributed by atoms with Gasteiger partial charge in [0.25, 0.3) is 0 Å². The summed E-state index contributed by atoms with van der Waals surface area (Å²) in [5.41, 5.74) is 2.42. The van der Waals surface area contributed by atoms with Crippen molar-refractivity contribution in [1.29, 1.82) is 0 Å². The number of hydrogen-bond acceptors (Lipinski definition) is 10. The number of carbonyl (C=O) groups excluding carboxylic acids is 2. The largest absolute Gasteiger partial charge is 0.465 e. The Hall–Kier alpha value is -0.520. The topological polar surface area (TPSA) is 52.6 Å². The summed E-state index contributed by atoms with van der Waals surface area (Å²) in [7, 11) is 2.81. The van der Waals surface area contributed by atoms with Crippen molar-refractivity contribution < 1.29 is 19.1 Å². The monoisotopic (exact) mass is 486 g/mol. The maximum Gasteiger partial charge on any atom is 0.346 e. The predicted octanol–water partition coefficient (Wildman–Crippen LogP) is 5.94. The molecule has 28 heavy (non-hydrogen) atoms. The van der Waals surface area contributed by atoms with Crippen LogP contribution in [0.1, 0.15) is 11.1 Å². The van der Waals surface area contributed by atoms with Crippen LogP contribution < -0.4 is 0 Å². The number of rotatable bonds is 2. The number of ether oxygens (including phenoxy) is 2. The number of esters is 2. The number of methoxy groups -OCH3 is 2. The molecule has 0 atom stereocenters. The molecule has 0 saturated carbocycles. The third-order valence-electron chi connectivity index (χ3n) is 3.80. The third kappa shape index (κ3) is 4.32. The second kappa shape index (κ2) is 9.09. The standard InChI is InChI=1S/C18H14O4S6/c1-21-13(19)11-15-23-7-9-3-5-10(6-4-9)8-24-16-12(14(20)22-2)26-18(28-16)17(25-11)27-15/h3-6H,7-8H2,1-2H3/b18-17-. The SMILES string of the molecule is COC(=O)C1=C2SCc3ccc(cc3)CSC3=C(C(=O)OC)S/C(=C(/S2)S1)S3. The molecule has 4 aliphatic rings. The first-order valence-electron chi connectivity index (χ1n) is 8.03. The number of thioether (sulfide) groups is 6. The van der Waals surface area contributed by atoms with E-state index in [1.807, 2.05) is 0 Å². The maximum atomic E-state index is 12.3. The van der Waals surface area contributed by atoms with Crippen molar-refractivity contribution in [2.24, 2.45) is 0 Å². The second-order valence-electron chi connectivity index (χ2n) is 5.59. The summed E-state index contributed by atoms with van der Waals surface area (Å²) >= 11 is 9.32. The summed E-state index contributed by atoms with van der Waals surface area (Å²) in [5.74, 6) is 0.936. The Kier molecular flexibility index (Phi) is 6.74. The van der Waals surface area contributed by atoms with Gasteiger partial charge in [-0.2, -0.15) is 0 Å². The van der Waals surface area contributed by atoms with Gasteiger partial charge in [0.1, 0.15) is 9.81 Å². The van der Waals surface area contributed by atoms with E-state index in [2.05, 4.69) is 24.3 Å². The van der Waals surface area contributed by atoms with E-state index < -0.39 is 0 Å². The highest BCUT2D eigenvalue weighted by Crippen LogP contribution is 2.63. The zero-order chi connectivity index (χ0) is 19.7. The van der Waals surface area contributed by atoms with Crippen molar-refractivity contribution in [3.05, 3.63) is 62.2 Å². The fourth-order valence-corrected chi connectivity index (χ4v) is 10.8. The van der Waals surface area contributed by atoms with Crippen molar-refractivity contribution in [2.45, 2.75) is 11.5 Å². The molecule has 1 aromatic rings. The summed E-state index contributed by atoms with van der Waals surface area (Å²) in [6.07, 6.45) is 0. The minimum Gasteiger partial charge on any atom is -0.465 e. The van der Waals surface area contributed by atoms with Gasteiger partial charge in [-0.15, -0.1) is 23.5 Å². The average Bonchev–Trinajstić information content (AvgIpc) is 3.34. The molecule has 0 spiro atoms. The summed E-state index contributed by atoms with van der Waals surface area (Å²) in [6.45, 7) is 0. The normalized spacial score (nSPS) is 21.8. The number of benzene rings is 1. The molecule has 1 aromatic carbocycles. The molecule has 0 fully saturated rings. The van der Waals surface area contributed by atoms with E-state index in [1.165, 1.54) is 48.9 Å². The van der Waals surface area contributed by atoms with Crippen LogP contribution in [0.4, 0.5) is 0 Å². The first-order chi connectivity index (χ1) is 13.6. The molecule has 0 saturated heterocycles. The van der Waals surface area contributed by atoms with E-state index in [0.717, 1.165) is 28.5 Å². The summed E-state index contributed by atoms with van der Waals surface area (Å²) in [5, 5.41) is 0. The van der Waals surface area contributed by atoms with E-state index in [4.69, 9.17) is 9.47 Å². The molecule has 0 aliphatic carbocycles. The van der Waals surface area contributed by atoms with E-state index in [9.17, 15) is 9.59 Å². The molecular formula is C18H14O4S6. The van der Waals surface area contributed by atoms with Crippen LogP contribution in [-0.2, 0) is 30.6 Å². The van der Waals surface area contributed by atoms with Crippen molar-refractivity contribution in [1.82, 2.24) is 0 Å². The van der Waals surface area contributed by atoms with Gasteiger partial charge < -0.3 is 9.47 Å². The highest BCUT2D eigenvalue weighted by molar-refractivity contribution is 8.40. The van der Waals surface area contributed by atoms with Crippen LogP contribution >= 0.6 is 70.6 Å². The molecule has 5 rings (SSSR count). The molecule has 0 N–H and O–H groups in total. The molecule has 0 unspecified atom stereocenters. The molecular weight excluding hydrogens is 473 g/mol. The average molecular weight is 487 g/mol. The van der Waals surface area contributed by atoms with Crippen LogP contribution in [0, 0.1) is 0 Å². The van der Waals surface area contributed by atoms with Crippen LogP contribution in [0.3, 0.4) is 0 Å². The third-order valence-corrected chi connectivity index (χ3v) is 12.4. The van der Waals surface area contributed by atoms with Crippen LogP contribution in [0.15, 0.2) is 51.0 Å². The summed E-state index contributed by atoms with van der Waals surface area (Å²) in [6, 6.07) is 8.48. The van der Waals surface area contributed by atoms with E-state index in [-0.39, 0.29) is 11.9 Å². The molecule has 4 heterocycles. The Morgan fingerprint density at radius 3 is 1.43 bits per heavy atom. The second-order valence-corrected chi connectivity index (χ2v) is 12.7. The lowest BCUT2D eigenvalue weighted by Crippen LogP contribution is -2.01. The van der Waals surface area contributed by atoms with Gasteiger partial charge in [0.2, 0.25) is 0 Å². The van der Waals surface area contributed by atoms with Gasteiger partial charge in [-0.25, -0.2) is 9.59 Å². The van der Waals surface area contributed by atoms with Crippen LogP contribution in [0.25, 0.3) is 0 Å². The lowest BCUT2D eigenvalue weighted by molar-refractivity contribution is -0.136. The van der Waals surface area contributed by atoms with Gasteiger partial charge in [-0.3, -0.25) is 0 Å². The van der Waals surface area contributed by atoms with Gasteiger partial charge in [-0.1, -0.05) is 71.3 Å². The van der Waals surface area contributed by atoms with Crippen LogP contribution in [0.5, 0.6) is 0 Å². The highest BCUT2D eigenvalue weighted by Gasteiger charge is 2.35. The first kappa shape index (κ1) is 20.7. The summed E-state index contributed by atoms with van der Waals surface area (Å²) < 4.78 is 13.9. The van der Waals surface area contributed by atoms with E-state index in [1.54, 1.807) is 47.0 Å². The number of hydrogen-bond donors (Lipinski definition) is 0. The number of carbonyl (C=O) groups is 2. The molecule has 10 heteroatoms. The lowest BCUT2D eigenvalue weighted by Gasteiger charge is -2.07. The maximum absolute atomic E-state index is 12.3. The molecule has 6 bridgehead atoms. The Morgan fingerprint density at radius 2 is 1.07 bits per heavy atom. The molecule has 0 aromatic heterocycles. The van der Waals surface area contributed by atoms with E-state index in [0.29, 0.717) is 9.81 Å². The minimum atomic E-state index is -0.320. The smallest absolute Gasteiger partial charge is 0.346 e. The molecule has 4 nitrogen and oxygen atoms in total. The van der Waals surface area contributed by atoms with Crippen LogP contribution in [-0.4, -0.2) is 26.2 Å². The summed E-state index contributed by atoms with van der Waals surface area (Å²) in [4.78, 5) is 25.8. The fraction of sp³-hybridized carbons (Fsp3) is 0.222. The van der Waals surface area contributed by atoms with Gasteiger partial charge in [0.05, 0.1) is 31.2 Å². The predicted molar refractivity (Wildman–Crippen MR) is 125 cm³/mol. The van der Waals surface area contributed by atoms with Crippen LogP contribution in [0.2, 0.25) is 0 Å². The van der Waals surface area contributed by atoms with Crippen molar-refractivity contribution in [3.63, 3.8) is 0 Å². The van der Waals surface area contributed by atoms with Crippen molar-refractivity contribution >= 4 is 82.5 Å². The molecule has 0 amide bonds. The Labute approximate surface area is 188 Å². The van der Waals surface area contributed by atoms with Gasteiger partial charge in [-0.05, 0) is 11.1 Å². The number of fused-ring (bicyclic) bond motifs is 4. The van der Waals surface area contributed by atoms with Gasteiger partial charge in [0.15, 0.2) is 0 Å². The quantitative estimate of drug-likeness (QED) is 0.470. The van der Waals surface area contributed by atoms with Crippen molar-refractivity contribution in [2.75, 3.05) is 14.2 Å². The fourth-order valence-electron chi connectivity index (χ4n) is 2.39. The van der Waals surface area contributed by atoms with Crippen molar-refractivity contribution in [3.8, 4) is 0 Å². The van der Waals surface area contributed by atoms with Gasteiger partial charge >= 0.3 is 11.9 Å². The molecule has 146 valence electrons. The Morgan fingerprint density at radius 1 is 0.679 bits per heavy atom. The lowest BCUT2D eigenvalue weighted by atomic mass is 10.2. The minimum absolute atomic E-state index is 0.320. The zero-order valence-electron chi connectivity index (χ0n) is 14.8.